The normalized spacial score (nSPS) is 13.4. The van der Waals surface area contributed by atoms with E-state index in [1.807, 2.05) is 12.1 Å². The van der Waals surface area contributed by atoms with E-state index < -0.39 is 6.10 Å². The minimum Gasteiger partial charge on any atom is -0.479 e. The summed E-state index contributed by atoms with van der Waals surface area (Å²) in [5.74, 6) is 1.36. The molecule has 0 aliphatic carbocycles. The predicted octanol–water partition coefficient (Wildman–Crippen LogP) is 4.46. The van der Waals surface area contributed by atoms with Crippen molar-refractivity contribution in [2.75, 3.05) is 6.79 Å². The van der Waals surface area contributed by atoms with Crippen molar-refractivity contribution in [3.63, 3.8) is 0 Å². The van der Waals surface area contributed by atoms with Gasteiger partial charge in [-0.1, -0.05) is 40.9 Å². The predicted molar refractivity (Wildman–Crippen MR) is 96.0 cm³/mol. The number of rotatable bonds is 5. The lowest BCUT2D eigenvalue weighted by Gasteiger charge is -2.16. The second kappa shape index (κ2) is 7.60. The summed E-state index contributed by atoms with van der Waals surface area (Å²) < 4.78 is 16.1. The van der Waals surface area contributed by atoms with Crippen LogP contribution in [0.4, 0.5) is 0 Å². The van der Waals surface area contributed by atoms with Gasteiger partial charge in [0.25, 0.3) is 5.91 Å². The van der Waals surface area contributed by atoms with Crippen LogP contribution < -0.4 is 19.5 Å². The molecule has 25 heavy (non-hydrogen) atoms. The third kappa shape index (κ3) is 4.24. The van der Waals surface area contributed by atoms with E-state index in [1.54, 1.807) is 13.0 Å². The molecule has 132 valence electrons. The Balaban J connectivity index is 1.58. The van der Waals surface area contributed by atoms with Crippen LogP contribution in [0.2, 0.25) is 15.1 Å². The quantitative estimate of drug-likeness (QED) is 0.750. The molecule has 1 atom stereocenters. The van der Waals surface area contributed by atoms with Crippen molar-refractivity contribution in [2.45, 2.75) is 19.6 Å². The van der Waals surface area contributed by atoms with E-state index in [4.69, 9.17) is 49.0 Å². The molecule has 2 aromatic carbocycles. The Morgan fingerprint density at radius 3 is 2.64 bits per heavy atom. The molecule has 8 heteroatoms. The van der Waals surface area contributed by atoms with Gasteiger partial charge in [0.1, 0.15) is 5.75 Å². The van der Waals surface area contributed by atoms with Crippen LogP contribution >= 0.6 is 34.8 Å². The average Bonchev–Trinajstić information content (AvgIpc) is 3.05. The first-order chi connectivity index (χ1) is 11.9. The molecule has 1 aliphatic heterocycles. The van der Waals surface area contributed by atoms with Crippen LogP contribution in [0.15, 0.2) is 30.3 Å². The van der Waals surface area contributed by atoms with Crippen LogP contribution in [-0.4, -0.2) is 18.8 Å². The van der Waals surface area contributed by atoms with Crippen molar-refractivity contribution >= 4 is 40.7 Å². The van der Waals surface area contributed by atoms with Gasteiger partial charge >= 0.3 is 0 Å². The Labute approximate surface area is 159 Å². The monoisotopic (exact) mass is 401 g/mol. The van der Waals surface area contributed by atoms with Gasteiger partial charge in [-0.2, -0.15) is 0 Å². The second-order valence-corrected chi connectivity index (χ2v) is 6.58. The first kappa shape index (κ1) is 18.0. The van der Waals surface area contributed by atoms with E-state index >= 15 is 0 Å². The number of benzene rings is 2. The van der Waals surface area contributed by atoms with Gasteiger partial charge < -0.3 is 19.5 Å². The highest BCUT2D eigenvalue weighted by Crippen LogP contribution is 2.34. The lowest BCUT2D eigenvalue weighted by atomic mass is 10.2. The van der Waals surface area contributed by atoms with Crippen LogP contribution in [0.3, 0.4) is 0 Å². The number of fused-ring (bicyclic) bond motifs is 1. The third-order valence-corrected chi connectivity index (χ3v) is 4.57. The molecule has 5 nitrogen and oxygen atoms in total. The molecular weight excluding hydrogens is 389 g/mol. The van der Waals surface area contributed by atoms with Crippen molar-refractivity contribution in [3.8, 4) is 17.2 Å². The van der Waals surface area contributed by atoms with Crippen molar-refractivity contribution in [2.24, 2.45) is 0 Å². The molecule has 3 rings (SSSR count). The van der Waals surface area contributed by atoms with Gasteiger partial charge in [0.15, 0.2) is 17.6 Å². The van der Waals surface area contributed by atoms with Crippen LogP contribution in [0.25, 0.3) is 0 Å². The minimum absolute atomic E-state index is 0.209. The van der Waals surface area contributed by atoms with Crippen molar-refractivity contribution < 1.29 is 19.0 Å². The zero-order chi connectivity index (χ0) is 18.0. The number of halogens is 3. The average molecular weight is 403 g/mol. The molecule has 0 aromatic heterocycles. The van der Waals surface area contributed by atoms with Gasteiger partial charge in [-0.3, -0.25) is 4.79 Å². The van der Waals surface area contributed by atoms with E-state index in [0.29, 0.717) is 33.8 Å². The number of carbonyl (C=O) groups excluding carboxylic acids is 1. The molecule has 1 aliphatic rings. The van der Waals surface area contributed by atoms with Gasteiger partial charge in [0.05, 0.1) is 15.1 Å². The summed E-state index contributed by atoms with van der Waals surface area (Å²) in [5, 5.41) is 3.69. The first-order valence-electron chi connectivity index (χ1n) is 7.41. The first-order valence-corrected chi connectivity index (χ1v) is 8.55. The second-order valence-electron chi connectivity index (χ2n) is 5.36. The zero-order valence-electron chi connectivity index (χ0n) is 13.1. The number of hydrogen-bond donors (Lipinski definition) is 1. The Hall–Kier alpha value is -1.82. The van der Waals surface area contributed by atoms with Gasteiger partial charge in [-0.15, -0.1) is 0 Å². The van der Waals surface area contributed by atoms with E-state index in [-0.39, 0.29) is 17.7 Å². The topological polar surface area (TPSA) is 56.8 Å². The maximum absolute atomic E-state index is 12.2. The summed E-state index contributed by atoms with van der Waals surface area (Å²) in [6, 6.07) is 8.43. The standard InChI is InChI=1S/C17H14Cl3NO4/c1-9(25-15-6-12(19)11(18)5-13(15)20)17(22)21-7-10-2-3-14-16(4-10)24-8-23-14/h2-6,9H,7-8H2,1H3,(H,21,22). The Morgan fingerprint density at radius 1 is 1.12 bits per heavy atom. The number of ether oxygens (including phenoxy) is 3. The summed E-state index contributed by atoms with van der Waals surface area (Å²) in [6.07, 6.45) is -0.760. The van der Waals surface area contributed by atoms with E-state index in [2.05, 4.69) is 5.32 Å². The summed E-state index contributed by atoms with van der Waals surface area (Å²) in [5.41, 5.74) is 0.886. The lowest BCUT2D eigenvalue weighted by Crippen LogP contribution is -2.35. The molecule has 1 unspecified atom stereocenters. The summed E-state index contributed by atoms with van der Waals surface area (Å²) in [7, 11) is 0. The molecular formula is C17H14Cl3NO4. The molecule has 0 saturated heterocycles. The fraction of sp³-hybridized carbons (Fsp3) is 0.235. The van der Waals surface area contributed by atoms with Gasteiger partial charge in [0.2, 0.25) is 6.79 Å². The largest absolute Gasteiger partial charge is 0.479 e. The third-order valence-electron chi connectivity index (χ3n) is 3.55. The number of nitrogens with one attached hydrogen (secondary N) is 1. The molecule has 0 spiro atoms. The molecule has 0 radical (unpaired) electrons. The Kier molecular flexibility index (Phi) is 5.47. The van der Waals surface area contributed by atoms with Crippen LogP contribution in [-0.2, 0) is 11.3 Å². The van der Waals surface area contributed by atoms with Gasteiger partial charge in [-0.25, -0.2) is 0 Å². The molecule has 1 heterocycles. The van der Waals surface area contributed by atoms with E-state index in [9.17, 15) is 4.79 Å². The van der Waals surface area contributed by atoms with Crippen molar-refractivity contribution in [1.82, 2.24) is 5.32 Å². The molecule has 2 aromatic rings. The summed E-state index contributed by atoms with van der Waals surface area (Å²) in [4.78, 5) is 12.2. The number of amides is 1. The highest BCUT2D eigenvalue weighted by atomic mass is 35.5. The summed E-state index contributed by atoms with van der Waals surface area (Å²) >= 11 is 17.9. The fourth-order valence-electron chi connectivity index (χ4n) is 2.22. The molecule has 0 fully saturated rings. The maximum atomic E-state index is 12.2. The zero-order valence-corrected chi connectivity index (χ0v) is 15.4. The number of carbonyl (C=O) groups is 1. The Bertz CT molecular complexity index is 813. The lowest BCUT2D eigenvalue weighted by molar-refractivity contribution is -0.127. The Morgan fingerprint density at radius 2 is 1.84 bits per heavy atom. The highest BCUT2D eigenvalue weighted by molar-refractivity contribution is 6.43. The molecule has 0 saturated carbocycles. The van der Waals surface area contributed by atoms with Crippen molar-refractivity contribution in [1.29, 1.82) is 0 Å². The van der Waals surface area contributed by atoms with Gasteiger partial charge in [-0.05, 0) is 30.7 Å². The van der Waals surface area contributed by atoms with E-state index in [0.717, 1.165) is 5.56 Å². The van der Waals surface area contributed by atoms with Crippen LogP contribution in [0.1, 0.15) is 12.5 Å². The van der Waals surface area contributed by atoms with Gasteiger partial charge in [0, 0.05) is 12.6 Å². The SMILES string of the molecule is CC(Oc1cc(Cl)c(Cl)cc1Cl)C(=O)NCc1ccc2c(c1)OCO2. The van der Waals surface area contributed by atoms with E-state index in [1.165, 1.54) is 12.1 Å². The van der Waals surface area contributed by atoms with Crippen LogP contribution in [0, 0.1) is 0 Å². The minimum atomic E-state index is -0.760. The fourth-order valence-corrected chi connectivity index (χ4v) is 2.80. The summed E-state index contributed by atoms with van der Waals surface area (Å²) in [6.45, 7) is 2.16. The highest BCUT2D eigenvalue weighted by Gasteiger charge is 2.18. The smallest absolute Gasteiger partial charge is 0.261 e. The molecule has 1 amide bonds. The molecule has 1 N–H and O–H groups in total. The number of hydrogen-bond acceptors (Lipinski definition) is 4. The van der Waals surface area contributed by atoms with Crippen molar-refractivity contribution in [3.05, 3.63) is 51.0 Å². The molecule has 0 bridgehead atoms. The maximum Gasteiger partial charge on any atom is 0.261 e. The van der Waals surface area contributed by atoms with Crippen LogP contribution in [0.5, 0.6) is 17.2 Å².